The summed E-state index contributed by atoms with van der Waals surface area (Å²) in [6.45, 7) is 8.49. The van der Waals surface area contributed by atoms with Gasteiger partial charge < -0.3 is 10.7 Å². The van der Waals surface area contributed by atoms with Crippen molar-refractivity contribution in [1.82, 2.24) is 35.5 Å². The molecule has 1 aliphatic rings. The van der Waals surface area contributed by atoms with Crippen molar-refractivity contribution in [2.45, 2.75) is 46.1 Å². The summed E-state index contributed by atoms with van der Waals surface area (Å²) < 4.78 is 3.69. The number of aromatic nitrogens is 6. The highest BCUT2D eigenvalue weighted by Gasteiger charge is 2.43. The van der Waals surface area contributed by atoms with Gasteiger partial charge in [0.1, 0.15) is 8.07 Å². The van der Waals surface area contributed by atoms with Crippen LogP contribution in [-0.4, -0.2) is 38.1 Å². The SMILES string of the molecule is CCc1cn(Cc2ccc(C3=C(c4ccccc4)C(c4ccccc4)=C(c4ccc(Cn5cc(CN[O-])nn5)cc4)[Si]3(C)C)cc2)nn1. The van der Waals surface area contributed by atoms with Crippen LogP contribution in [0.25, 0.3) is 21.5 Å². The molecule has 1 N–H and O–H groups in total. The Balaban J connectivity index is 1.32. The van der Waals surface area contributed by atoms with Crippen LogP contribution >= 0.6 is 0 Å². The van der Waals surface area contributed by atoms with E-state index < -0.39 is 8.07 Å². The summed E-state index contributed by atoms with van der Waals surface area (Å²) in [4.78, 5) is 0. The molecule has 0 saturated heterocycles. The van der Waals surface area contributed by atoms with E-state index in [1.165, 1.54) is 49.4 Å². The number of hydrogen-bond donors (Lipinski definition) is 1. The molecule has 3 heterocycles. The molecular formula is C39H38N7OSi-. The van der Waals surface area contributed by atoms with Crippen molar-refractivity contribution >= 4 is 29.6 Å². The van der Waals surface area contributed by atoms with Gasteiger partial charge >= 0.3 is 0 Å². The number of benzene rings is 4. The largest absolute Gasteiger partial charge is 0.787 e. The Hall–Kier alpha value is -5.22. The Bertz CT molecular complexity index is 2080. The Kier molecular flexibility index (Phi) is 8.81. The van der Waals surface area contributed by atoms with Gasteiger partial charge in [-0.1, -0.05) is 140 Å². The molecule has 0 spiro atoms. The van der Waals surface area contributed by atoms with E-state index in [2.05, 4.69) is 150 Å². The summed E-state index contributed by atoms with van der Waals surface area (Å²) >= 11 is 0. The Morgan fingerprint density at radius 2 is 1.02 bits per heavy atom. The van der Waals surface area contributed by atoms with Crippen LogP contribution in [0, 0.1) is 5.21 Å². The quantitative estimate of drug-likeness (QED) is 0.116. The molecule has 6 aromatic rings. The van der Waals surface area contributed by atoms with E-state index >= 15 is 0 Å². The van der Waals surface area contributed by atoms with Crippen LogP contribution in [0.1, 0.15) is 51.7 Å². The molecule has 4 aromatic carbocycles. The molecule has 0 unspecified atom stereocenters. The molecule has 2 aromatic heterocycles. The third kappa shape index (κ3) is 6.23. The Morgan fingerprint density at radius 1 is 0.583 bits per heavy atom. The molecule has 0 aliphatic carbocycles. The second-order valence-electron chi connectivity index (χ2n) is 12.7. The summed E-state index contributed by atoms with van der Waals surface area (Å²) in [5.41, 5.74) is 13.4. The molecule has 0 atom stereocenters. The van der Waals surface area contributed by atoms with Gasteiger partial charge in [-0.25, -0.2) is 9.36 Å². The molecule has 0 bridgehead atoms. The topological polar surface area (TPSA) is 96.5 Å². The summed E-state index contributed by atoms with van der Waals surface area (Å²) in [6.07, 6.45) is 4.71. The first kappa shape index (κ1) is 31.4. The van der Waals surface area contributed by atoms with Crippen molar-refractivity contribution < 1.29 is 0 Å². The summed E-state index contributed by atoms with van der Waals surface area (Å²) in [5, 5.41) is 30.5. The summed E-state index contributed by atoms with van der Waals surface area (Å²) in [5.74, 6) is 0. The van der Waals surface area contributed by atoms with Gasteiger partial charge in [-0.3, -0.25) is 0 Å². The van der Waals surface area contributed by atoms with Crippen molar-refractivity contribution in [3.8, 4) is 0 Å². The van der Waals surface area contributed by atoms with Crippen molar-refractivity contribution in [3.05, 3.63) is 172 Å². The maximum absolute atomic E-state index is 10.8. The van der Waals surface area contributed by atoms with Gasteiger partial charge in [-0.05, 0) is 61.3 Å². The van der Waals surface area contributed by atoms with Crippen LogP contribution in [-0.2, 0) is 26.1 Å². The standard InChI is InChI=1S/C39H38N7OSi/c1-4-34-26-45(43-41-34)24-28-15-19-32(20-16-28)38-36(30-11-7-5-8-12-30)37(31-13-9-6-10-14-31)39(48(38,2)3)33-21-17-29(18-22-33)25-46-27-35(23-40-47)42-44-46/h5-22,26-27,40H,4,23-25H2,1-3H3/q-1. The average molecular weight is 649 g/mol. The lowest BCUT2D eigenvalue weighted by Crippen LogP contribution is -2.28. The fourth-order valence-corrected chi connectivity index (χ4v) is 10.7. The van der Waals surface area contributed by atoms with Gasteiger partial charge in [0.15, 0.2) is 0 Å². The van der Waals surface area contributed by atoms with Crippen molar-refractivity contribution in [3.63, 3.8) is 0 Å². The number of rotatable bonds is 11. The molecule has 9 heteroatoms. The minimum absolute atomic E-state index is 0.151. The molecule has 0 amide bonds. The second kappa shape index (κ2) is 13.5. The molecule has 7 rings (SSSR count). The monoisotopic (exact) mass is 648 g/mol. The predicted octanol–water partition coefficient (Wildman–Crippen LogP) is 7.44. The fourth-order valence-electron chi connectivity index (χ4n) is 6.87. The number of hydrogen-bond acceptors (Lipinski definition) is 6. The first-order chi connectivity index (χ1) is 23.4. The number of allylic oxidation sites excluding steroid dienone is 2. The molecule has 0 radical (unpaired) electrons. The Labute approximate surface area is 282 Å². The van der Waals surface area contributed by atoms with E-state index in [4.69, 9.17) is 0 Å². The minimum Gasteiger partial charge on any atom is -0.787 e. The van der Waals surface area contributed by atoms with Gasteiger partial charge in [0.05, 0.1) is 30.7 Å². The van der Waals surface area contributed by atoms with Crippen molar-refractivity contribution in [2.75, 3.05) is 0 Å². The lowest BCUT2D eigenvalue weighted by atomic mass is 9.89. The molecule has 240 valence electrons. The summed E-state index contributed by atoms with van der Waals surface area (Å²) in [6, 6.07) is 39.6. The van der Waals surface area contributed by atoms with Gasteiger partial charge in [-0.2, -0.15) is 0 Å². The normalized spacial score (nSPS) is 14.2. The van der Waals surface area contributed by atoms with E-state index in [0.717, 1.165) is 17.7 Å². The minimum atomic E-state index is -2.30. The van der Waals surface area contributed by atoms with E-state index in [9.17, 15) is 5.21 Å². The zero-order chi connectivity index (χ0) is 33.1. The van der Waals surface area contributed by atoms with Crippen molar-refractivity contribution in [1.29, 1.82) is 0 Å². The highest BCUT2D eigenvalue weighted by Crippen LogP contribution is 2.55. The lowest BCUT2D eigenvalue weighted by Gasteiger charge is -2.27. The molecule has 0 fully saturated rings. The summed E-state index contributed by atoms with van der Waals surface area (Å²) in [7, 11) is -2.30. The smallest absolute Gasteiger partial charge is 0.115 e. The first-order valence-electron chi connectivity index (χ1n) is 16.4. The van der Waals surface area contributed by atoms with Crippen LogP contribution in [0.2, 0.25) is 13.1 Å². The number of nitrogens with one attached hydrogen (secondary N) is 1. The van der Waals surface area contributed by atoms with Crippen molar-refractivity contribution in [2.24, 2.45) is 0 Å². The van der Waals surface area contributed by atoms with E-state index in [1.807, 2.05) is 22.6 Å². The highest BCUT2D eigenvalue weighted by molar-refractivity contribution is 7.13. The van der Waals surface area contributed by atoms with Gasteiger partial charge in [0.2, 0.25) is 0 Å². The van der Waals surface area contributed by atoms with Crippen LogP contribution in [0.5, 0.6) is 0 Å². The third-order valence-corrected chi connectivity index (χ3v) is 12.7. The zero-order valence-corrected chi connectivity index (χ0v) is 28.5. The molecule has 1 aliphatic heterocycles. The van der Waals surface area contributed by atoms with Gasteiger partial charge in [0, 0.05) is 12.7 Å². The maximum Gasteiger partial charge on any atom is 0.115 e. The number of aryl methyl sites for hydroxylation is 1. The predicted molar refractivity (Wildman–Crippen MR) is 195 cm³/mol. The van der Waals surface area contributed by atoms with Crippen LogP contribution in [0.15, 0.2) is 122 Å². The first-order valence-corrected chi connectivity index (χ1v) is 19.4. The van der Waals surface area contributed by atoms with Gasteiger partial charge in [-0.15, -0.1) is 10.2 Å². The van der Waals surface area contributed by atoms with Crippen LogP contribution < -0.4 is 5.48 Å². The fraction of sp³-hybridized carbons (Fsp3) is 0.179. The highest BCUT2D eigenvalue weighted by atomic mass is 28.3. The van der Waals surface area contributed by atoms with Crippen LogP contribution in [0.3, 0.4) is 0 Å². The molecule has 48 heavy (non-hydrogen) atoms. The zero-order valence-electron chi connectivity index (χ0n) is 27.5. The molecule has 0 saturated carbocycles. The Morgan fingerprint density at radius 3 is 1.44 bits per heavy atom. The lowest BCUT2D eigenvalue weighted by molar-refractivity contribution is 0.649. The number of hydroxylamine groups is 1. The third-order valence-electron chi connectivity index (χ3n) is 9.09. The average Bonchev–Trinajstić information content (AvgIpc) is 3.82. The second-order valence-corrected chi connectivity index (χ2v) is 17.0. The molecule has 8 nitrogen and oxygen atoms in total. The van der Waals surface area contributed by atoms with Crippen LogP contribution in [0.4, 0.5) is 0 Å². The van der Waals surface area contributed by atoms with E-state index in [-0.39, 0.29) is 6.54 Å². The van der Waals surface area contributed by atoms with E-state index in [0.29, 0.717) is 18.8 Å². The van der Waals surface area contributed by atoms with E-state index in [1.54, 1.807) is 4.68 Å². The van der Waals surface area contributed by atoms with Gasteiger partial charge in [0.25, 0.3) is 0 Å². The maximum atomic E-state index is 10.8. The number of nitrogens with zero attached hydrogens (tertiary/aromatic N) is 6. The molecular weight excluding hydrogens is 611 g/mol.